The Bertz CT molecular complexity index is 199. The molecule has 76 valence electrons. The maximum atomic E-state index is 11.2. The summed E-state index contributed by atoms with van der Waals surface area (Å²) in [5.74, 6) is 0.189. The quantitative estimate of drug-likeness (QED) is 0.679. The van der Waals surface area contributed by atoms with Gasteiger partial charge in [-0.3, -0.25) is 4.79 Å². The number of rotatable bonds is 4. The first-order valence-corrected chi connectivity index (χ1v) is 4.90. The van der Waals surface area contributed by atoms with Gasteiger partial charge in [0.1, 0.15) is 0 Å². The summed E-state index contributed by atoms with van der Waals surface area (Å²) in [5, 5.41) is 3.31. The fourth-order valence-electron chi connectivity index (χ4n) is 1.00. The van der Waals surface area contributed by atoms with E-state index >= 15 is 0 Å². The van der Waals surface area contributed by atoms with Gasteiger partial charge in [-0.15, -0.1) is 0 Å². The predicted octanol–water partition coefficient (Wildman–Crippen LogP) is 2.65. The average Bonchev–Trinajstić information content (AvgIpc) is 2.00. The molecule has 0 rings (SSSR count). The van der Waals surface area contributed by atoms with E-state index in [-0.39, 0.29) is 11.3 Å². The lowest BCUT2D eigenvalue weighted by Gasteiger charge is -2.23. The molecule has 0 amide bonds. The molecule has 0 radical (unpaired) electrons. The number of hydrogen-bond acceptors (Lipinski definition) is 2. The molecule has 0 bridgehead atoms. The maximum absolute atomic E-state index is 11.2. The van der Waals surface area contributed by atoms with Crippen LogP contribution in [0.25, 0.3) is 0 Å². The molecule has 0 unspecified atom stereocenters. The Morgan fingerprint density at radius 3 is 2.08 bits per heavy atom. The first-order valence-electron chi connectivity index (χ1n) is 4.90. The summed E-state index contributed by atoms with van der Waals surface area (Å²) < 4.78 is 0. The standard InChI is InChI=1S/C11H21NO/c1-6-9(8-10(13)7-2)12-11(3,4)5/h8,12H,6-7H2,1-5H3. The van der Waals surface area contributed by atoms with Crippen LogP contribution >= 0.6 is 0 Å². The lowest BCUT2D eigenvalue weighted by molar-refractivity contribution is -0.114. The highest BCUT2D eigenvalue weighted by Crippen LogP contribution is 2.06. The Morgan fingerprint density at radius 1 is 1.23 bits per heavy atom. The maximum Gasteiger partial charge on any atom is 0.157 e. The summed E-state index contributed by atoms with van der Waals surface area (Å²) in [4.78, 5) is 11.2. The molecule has 0 atom stereocenters. The van der Waals surface area contributed by atoms with Gasteiger partial charge in [0, 0.05) is 23.7 Å². The van der Waals surface area contributed by atoms with Gasteiger partial charge in [-0.2, -0.15) is 0 Å². The Kier molecular flexibility index (Phi) is 4.74. The lowest BCUT2D eigenvalue weighted by Crippen LogP contribution is -2.35. The second kappa shape index (κ2) is 5.05. The SMILES string of the molecule is CCC(=O)C=C(CC)NC(C)(C)C. The van der Waals surface area contributed by atoms with Gasteiger partial charge in [-0.25, -0.2) is 0 Å². The summed E-state index contributed by atoms with van der Waals surface area (Å²) in [6.07, 6.45) is 3.17. The van der Waals surface area contributed by atoms with E-state index in [0.717, 1.165) is 12.1 Å². The zero-order valence-corrected chi connectivity index (χ0v) is 9.40. The van der Waals surface area contributed by atoms with Crippen LogP contribution < -0.4 is 5.32 Å². The van der Waals surface area contributed by atoms with Crippen molar-refractivity contribution in [1.29, 1.82) is 0 Å². The summed E-state index contributed by atoms with van der Waals surface area (Å²) in [7, 11) is 0. The van der Waals surface area contributed by atoms with Gasteiger partial charge in [-0.05, 0) is 27.2 Å². The van der Waals surface area contributed by atoms with Crippen LogP contribution in [0.15, 0.2) is 11.8 Å². The van der Waals surface area contributed by atoms with Crippen molar-refractivity contribution in [3.05, 3.63) is 11.8 Å². The molecule has 1 N–H and O–H groups in total. The number of ketones is 1. The average molecular weight is 183 g/mol. The molecule has 0 saturated heterocycles. The molecule has 0 aromatic heterocycles. The van der Waals surface area contributed by atoms with Gasteiger partial charge >= 0.3 is 0 Å². The van der Waals surface area contributed by atoms with Crippen LogP contribution in [0.3, 0.4) is 0 Å². The second-order valence-electron chi connectivity index (χ2n) is 4.22. The molecule has 0 fully saturated rings. The molecule has 2 heteroatoms. The molecule has 0 aliphatic carbocycles. The fourth-order valence-corrected chi connectivity index (χ4v) is 1.00. The topological polar surface area (TPSA) is 29.1 Å². The lowest BCUT2D eigenvalue weighted by atomic mass is 10.1. The molecule has 0 heterocycles. The van der Waals surface area contributed by atoms with E-state index in [9.17, 15) is 4.79 Å². The van der Waals surface area contributed by atoms with E-state index in [1.807, 2.05) is 13.8 Å². The van der Waals surface area contributed by atoms with E-state index in [1.165, 1.54) is 0 Å². The summed E-state index contributed by atoms with van der Waals surface area (Å²) in [6.45, 7) is 10.2. The Balaban J connectivity index is 4.34. The van der Waals surface area contributed by atoms with Crippen molar-refractivity contribution in [3.63, 3.8) is 0 Å². The van der Waals surface area contributed by atoms with Crippen LogP contribution in [0.2, 0.25) is 0 Å². The summed E-state index contributed by atoms with van der Waals surface area (Å²) in [5.41, 5.74) is 1.06. The monoisotopic (exact) mass is 183 g/mol. The van der Waals surface area contributed by atoms with Gasteiger partial charge in [0.25, 0.3) is 0 Å². The molecule has 0 aliphatic rings. The molecular formula is C11H21NO. The molecule has 0 saturated carbocycles. The number of allylic oxidation sites excluding steroid dienone is 2. The first-order chi connectivity index (χ1) is 5.89. The van der Waals surface area contributed by atoms with Crippen molar-refractivity contribution in [2.24, 2.45) is 0 Å². The second-order valence-corrected chi connectivity index (χ2v) is 4.22. The highest BCUT2D eigenvalue weighted by Gasteiger charge is 2.10. The van der Waals surface area contributed by atoms with Crippen molar-refractivity contribution in [2.45, 2.75) is 53.0 Å². The fraction of sp³-hybridized carbons (Fsp3) is 0.727. The van der Waals surface area contributed by atoms with Crippen molar-refractivity contribution in [3.8, 4) is 0 Å². The van der Waals surface area contributed by atoms with Crippen molar-refractivity contribution in [2.75, 3.05) is 0 Å². The molecule has 0 aromatic carbocycles. The number of carbonyl (C=O) groups is 1. The summed E-state index contributed by atoms with van der Waals surface area (Å²) >= 11 is 0. The van der Waals surface area contributed by atoms with E-state index in [2.05, 4.69) is 26.1 Å². The van der Waals surface area contributed by atoms with E-state index in [0.29, 0.717) is 6.42 Å². The molecule has 2 nitrogen and oxygen atoms in total. The molecule has 13 heavy (non-hydrogen) atoms. The largest absolute Gasteiger partial charge is 0.384 e. The van der Waals surface area contributed by atoms with E-state index < -0.39 is 0 Å². The molecular weight excluding hydrogens is 162 g/mol. The van der Waals surface area contributed by atoms with Gasteiger partial charge in [0.2, 0.25) is 0 Å². The zero-order chi connectivity index (χ0) is 10.5. The number of hydrogen-bond donors (Lipinski definition) is 1. The minimum Gasteiger partial charge on any atom is -0.384 e. The highest BCUT2D eigenvalue weighted by molar-refractivity contribution is 5.89. The van der Waals surface area contributed by atoms with E-state index in [4.69, 9.17) is 0 Å². The zero-order valence-electron chi connectivity index (χ0n) is 9.40. The highest BCUT2D eigenvalue weighted by atomic mass is 16.1. The molecule has 0 aromatic rings. The minimum atomic E-state index is 0.0376. The van der Waals surface area contributed by atoms with Gasteiger partial charge < -0.3 is 5.32 Å². The Labute approximate surface area is 81.4 Å². The van der Waals surface area contributed by atoms with Gasteiger partial charge in [0.15, 0.2) is 5.78 Å². The first kappa shape index (κ1) is 12.2. The van der Waals surface area contributed by atoms with Crippen molar-refractivity contribution >= 4 is 5.78 Å². The van der Waals surface area contributed by atoms with Crippen LogP contribution in [0.4, 0.5) is 0 Å². The van der Waals surface area contributed by atoms with E-state index in [1.54, 1.807) is 6.08 Å². The van der Waals surface area contributed by atoms with Crippen LogP contribution in [0, 0.1) is 0 Å². The van der Waals surface area contributed by atoms with Crippen LogP contribution in [0.5, 0.6) is 0 Å². The minimum absolute atomic E-state index is 0.0376. The number of carbonyl (C=O) groups excluding carboxylic acids is 1. The summed E-state index contributed by atoms with van der Waals surface area (Å²) in [6, 6.07) is 0. The normalized spacial score (nSPS) is 12.8. The van der Waals surface area contributed by atoms with Crippen LogP contribution in [0.1, 0.15) is 47.5 Å². The third kappa shape index (κ3) is 6.38. The Hall–Kier alpha value is -0.790. The van der Waals surface area contributed by atoms with Gasteiger partial charge in [0.05, 0.1) is 0 Å². The van der Waals surface area contributed by atoms with Crippen molar-refractivity contribution in [1.82, 2.24) is 5.32 Å². The van der Waals surface area contributed by atoms with Crippen molar-refractivity contribution < 1.29 is 4.79 Å². The molecule has 0 aliphatic heterocycles. The predicted molar refractivity (Wildman–Crippen MR) is 56.6 cm³/mol. The van der Waals surface area contributed by atoms with Gasteiger partial charge in [-0.1, -0.05) is 13.8 Å². The third-order valence-electron chi connectivity index (χ3n) is 1.60. The van der Waals surface area contributed by atoms with Crippen LogP contribution in [-0.2, 0) is 4.79 Å². The third-order valence-corrected chi connectivity index (χ3v) is 1.60. The Morgan fingerprint density at radius 2 is 1.77 bits per heavy atom. The van der Waals surface area contributed by atoms with Crippen LogP contribution in [-0.4, -0.2) is 11.3 Å². The molecule has 0 spiro atoms. The smallest absolute Gasteiger partial charge is 0.157 e. The number of nitrogens with one attached hydrogen (secondary N) is 1.